The van der Waals surface area contributed by atoms with Gasteiger partial charge in [0, 0.05) is 44.3 Å². The molecule has 0 amide bonds. The standard InChI is InChI=1S/C26H27F3N4O5/c1-33-14-16-4-3-5-22(19(16)15-36-33)38-24-20(26(27,28)29)13-30-25(32-24)31-21-7-6-18(12-23(21)34-2)37-17-8-10-35-11-9-17/h3-7,12-13,17H,8-11,14-15H2,1-2H3,(H,30,31,32). The quantitative estimate of drug-likeness (QED) is 0.425. The van der Waals surface area contributed by atoms with Crippen molar-refractivity contribution in [1.29, 1.82) is 0 Å². The number of rotatable bonds is 7. The first-order valence-electron chi connectivity index (χ1n) is 12.1. The van der Waals surface area contributed by atoms with Gasteiger partial charge in [0.05, 0.1) is 32.6 Å². The zero-order chi connectivity index (χ0) is 26.7. The van der Waals surface area contributed by atoms with E-state index in [1.54, 1.807) is 42.4 Å². The minimum Gasteiger partial charge on any atom is -0.494 e. The Morgan fingerprint density at radius 1 is 1.11 bits per heavy atom. The number of ether oxygens (including phenoxy) is 4. The maximum Gasteiger partial charge on any atom is 0.423 e. The first-order valence-corrected chi connectivity index (χ1v) is 12.1. The van der Waals surface area contributed by atoms with Gasteiger partial charge < -0.3 is 24.3 Å². The number of benzene rings is 2. The van der Waals surface area contributed by atoms with Crippen LogP contribution in [0.15, 0.2) is 42.6 Å². The van der Waals surface area contributed by atoms with Crippen molar-refractivity contribution >= 4 is 11.6 Å². The maximum absolute atomic E-state index is 13.8. The van der Waals surface area contributed by atoms with E-state index in [1.165, 1.54) is 7.11 Å². The van der Waals surface area contributed by atoms with Gasteiger partial charge in [-0.25, -0.2) is 4.98 Å². The molecule has 2 aromatic carbocycles. The Labute approximate surface area is 217 Å². The van der Waals surface area contributed by atoms with Gasteiger partial charge >= 0.3 is 6.18 Å². The molecule has 202 valence electrons. The van der Waals surface area contributed by atoms with Crippen molar-refractivity contribution in [3.8, 4) is 23.1 Å². The van der Waals surface area contributed by atoms with Crippen molar-refractivity contribution in [2.75, 3.05) is 32.7 Å². The molecule has 3 heterocycles. The van der Waals surface area contributed by atoms with Crippen LogP contribution in [0.2, 0.25) is 0 Å². The number of nitrogens with zero attached hydrogens (tertiary/aromatic N) is 3. The number of anilines is 2. The summed E-state index contributed by atoms with van der Waals surface area (Å²) in [4.78, 5) is 13.5. The number of hydroxylamine groups is 2. The van der Waals surface area contributed by atoms with E-state index >= 15 is 0 Å². The lowest BCUT2D eigenvalue weighted by atomic mass is 10.1. The molecule has 1 N–H and O–H groups in total. The minimum atomic E-state index is -4.72. The molecule has 1 saturated heterocycles. The van der Waals surface area contributed by atoms with Crippen LogP contribution >= 0.6 is 0 Å². The lowest BCUT2D eigenvalue weighted by Gasteiger charge is -2.26. The van der Waals surface area contributed by atoms with Crippen LogP contribution in [-0.2, 0) is 28.9 Å². The van der Waals surface area contributed by atoms with Crippen molar-refractivity contribution in [1.82, 2.24) is 15.0 Å². The Morgan fingerprint density at radius 3 is 2.68 bits per heavy atom. The highest BCUT2D eigenvalue weighted by atomic mass is 19.4. The summed E-state index contributed by atoms with van der Waals surface area (Å²) < 4.78 is 64.0. The van der Waals surface area contributed by atoms with Crippen LogP contribution in [0.4, 0.5) is 24.8 Å². The van der Waals surface area contributed by atoms with Crippen molar-refractivity contribution in [3.63, 3.8) is 0 Å². The Balaban J connectivity index is 1.41. The van der Waals surface area contributed by atoms with Crippen LogP contribution in [0.1, 0.15) is 29.5 Å². The van der Waals surface area contributed by atoms with Gasteiger partial charge in [0.15, 0.2) is 0 Å². The Morgan fingerprint density at radius 2 is 1.92 bits per heavy atom. The van der Waals surface area contributed by atoms with Gasteiger partial charge in [0.1, 0.15) is 28.9 Å². The van der Waals surface area contributed by atoms with E-state index < -0.39 is 17.6 Å². The molecule has 0 unspecified atom stereocenters. The molecule has 0 atom stereocenters. The summed E-state index contributed by atoms with van der Waals surface area (Å²) in [6, 6.07) is 10.3. The summed E-state index contributed by atoms with van der Waals surface area (Å²) in [6.07, 6.45) is -2.41. The molecule has 2 aliphatic heterocycles. The number of nitrogens with one attached hydrogen (secondary N) is 1. The van der Waals surface area contributed by atoms with Crippen LogP contribution in [0.5, 0.6) is 23.1 Å². The second-order valence-electron chi connectivity index (χ2n) is 8.88. The number of aromatic nitrogens is 2. The molecular weight excluding hydrogens is 505 g/mol. The summed E-state index contributed by atoms with van der Waals surface area (Å²) >= 11 is 0. The van der Waals surface area contributed by atoms with Gasteiger partial charge in [0.2, 0.25) is 11.8 Å². The highest BCUT2D eigenvalue weighted by molar-refractivity contribution is 5.64. The van der Waals surface area contributed by atoms with Crippen LogP contribution in [0.3, 0.4) is 0 Å². The van der Waals surface area contributed by atoms with Gasteiger partial charge in [-0.2, -0.15) is 23.2 Å². The van der Waals surface area contributed by atoms with Crippen molar-refractivity contribution in [2.24, 2.45) is 0 Å². The van der Waals surface area contributed by atoms with Crippen LogP contribution in [0, 0.1) is 0 Å². The van der Waals surface area contributed by atoms with Gasteiger partial charge in [0.25, 0.3) is 0 Å². The molecule has 0 aliphatic carbocycles. The number of halogens is 3. The van der Waals surface area contributed by atoms with Crippen molar-refractivity contribution in [2.45, 2.75) is 38.3 Å². The predicted octanol–water partition coefficient (Wildman–Crippen LogP) is 5.47. The SMILES string of the molecule is COc1cc(OC2CCOCC2)ccc1Nc1ncc(C(F)(F)F)c(Oc2cccc3c2CON(C)C3)n1. The van der Waals surface area contributed by atoms with Crippen molar-refractivity contribution < 1.29 is 37.0 Å². The highest BCUT2D eigenvalue weighted by Gasteiger charge is 2.37. The fourth-order valence-electron chi connectivity index (χ4n) is 4.24. The number of alkyl halides is 3. The number of fused-ring (bicyclic) bond motifs is 1. The van der Waals surface area contributed by atoms with E-state index in [-0.39, 0.29) is 24.4 Å². The molecular formula is C26H27F3N4O5. The topological polar surface area (TPSA) is 87.2 Å². The summed E-state index contributed by atoms with van der Waals surface area (Å²) in [7, 11) is 3.26. The van der Waals surface area contributed by atoms with Gasteiger partial charge in [-0.05, 0) is 23.8 Å². The van der Waals surface area contributed by atoms with E-state index in [0.717, 1.165) is 18.4 Å². The van der Waals surface area contributed by atoms with Gasteiger partial charge in [-0.3, -0.25) is 4.84 Å². The third-order valence-electron chi connectivity index (χ3n) is 6.21. The molecule has 0 spiro atoms. The fourth-order valence-corrected chi connectivity index (χ4v) is 4.24. The Hall–Kier alpha value is -3.61. The first kappa shape index (κ1) is 26.0. The Kier molecular flexibility index (Phi) is 7.54. The lowest BCUT2D eigenvalue weighted by Crippen LogP contribution is -2.25. The van der Waals surface area contributed by atoms with Crippen molar-refractivity contribution in [3.05, 3.63) is 59.3 Å². The monoisotopic (exact) mass is 532 g/mol. The molecule has 1 fully saturated rings. The predicted molar refractivity (Wildman–Crippen MR) is 131 cm³/mol. The maximum atomic E-state index is 13.8. The molecule has 1 aromatic heterocycles. The van der Waals surface area contributed by atoms with E-state index in [9.17, 15) is 13.2 Å². The normalized spacial score (nSPS) is 16.6. The zero-order valence-electron chi connectivity index (χ0n) is 20.9. The smallest absolute Gasteiger partial charge is 0.423 e. The first-order chi connectivity index (χ1) is 18.3. The number of methoxy groups -OCH3 is 1. The van der Waals surface area contributed by atoms with Crippen LogP contribution in [0.25, 0.3) is 0 Å². The fraction of sp³-hybridized carbons (Fsp3) is 0.385. The van der Waals surface area contributed by atoms with E-state index in [1.807, 2.05) is 6.07 Å². The van der Waals surface area contributed by atoms with Crippen LogP contribution in [-0.4, -0.2) is 48.5 Å². The number of hydrogen-bond donors (Lipinski definition) is 1. The summed E-state index contributed by atoms with van der Waals surface area (Å²) in [5.41, 5.74) is 0.909. The molecule has 5 rings (SSSR count). The summed E-state index contributed by atoms with van der Waals surface area (Å²) in [6.45, 7) is 1.93. The molecule has 3 aromatic rings. The zero-order valence-corrected chi connectivity index (χ0v) is 20.9. The second-order valence-corrected chi connectivity index (χ2v) is 8.88. The summed E-state index contributed by atoms with van der Waals surface area (Å²) in [5.74, 6) is 0.543. The average Bonchev–Trinajstić information content (AvgIpc) is 2.89. The third kappa shape index (κ3) is 5.93. The molecule has 0 saturated carbocycles. The largest absolute Gasteiger partial charge is 0.494 e. The Bertz CT molecular complexity index is 1280. The lowest BCUT2D eigenvalue weighted by molar-refractivity contribution is -0.168. The van der Waals surface area contributed by atoms with Crippen LogP contribution < -0.4 is 19.5 Å². The highest BCUT2D eigenvalue weighted by Crippen LogP contribution is 2.40. The molecule has 38 heavy (non-hydrogen) atoms. The van der Waals surface area contributed by atoms with E-state index in [4.69, 9.17) is 23.8 Å². The molecule has 2 aliphatic rings. The van der Waals surface area contributed by atoms with E-state index in [2.05, 4.69) is 15.3 Å². The van der Waals surface area contributed by atoms with Gasteiger partial charge in [-0.15, -0.1) is 0 Å². The van der Waals surface area contributed by atoms with Gasteiger partial charge in [-0.1, -0.05) is 12.1 Å². The molecule has 0 radical (unpaired) electrons. The third-order valence-corrected chi connectivity index (χ3v) is 6.21. The van der Waals surface area contributed by atoms with E-state index in [0.29, 0.717) is 48.7 Å². The average molecular weight is 533 g/mol. The minimum absolute atomic E-state index is 0.0414. The molecule has 9 nitrogen and oxygen atoms in total. The second kappa shape index (κ2) is 11.0. The number of hydrogen-bond acceptors (Lipinski definition) is 9. The molecule has 0 bridgehead atoms. The molecule has 12 heteroatoms. The summed E-state index contributed by atoms with van der Waals surface area (Å²) in [5, 5.41) is 4.57.